The molecule has 25 heavy (non-hydrogen) atoms. The summed E-state index contributed by atoms with van der Waals surface area (Å²) in [5, 5.41) is 21.4. The Morgan fingerprint density at radius 3 is 1.84 bits per heavy atom. The maximum Gasteiger partial charge on any atom is 0.103 e. The maximum absolute atomic E-state index is 8.85. The molecule has 2 heterocycles. The molecular weight excluding hydrogens is 361 g/mol. The van der Waals surface area contributed by atoms with E-state index in [2.05, 4.69) is 4.98 Å². The van der Waals surface area contributed by atoms with Crippen LogP contribution in [0.3, 0.4) is 0 Å². The molecule has 4 rings (SSSR count). The number of aromatic amines is 1. The molecule has 2 unspecified atom stereocenters. The van der Waals surface area contributed by atoms with E-state index in [4.69, 9.17) is 38.2 Å². The summed E-state index contributed by atoms with van der Waals surface area (Å²) in [7, 11) is 0. The van der Waals surface area contributed by atoms with E-state index in [1.54, 1.807) is 0 Å². The van der Waals surface area contributed by atoms with Gasteiger partial charge >= 0.3 is 0 Å². The number of fused-ring (bicyclic) bond motifs is 3. The van der Waals surface area contributed by atoms with Crippen molar-refractivity contribution in [3.05, 3.63) is 46.4 Å². The molecule has 0 spiro atoms. The van der Waals surface area contributed by atoms with E-state index in [0.717, 1.165) is 31.9 Å². The fourth-order valence-electron chi connectivity index (χ4n) is 2.55. The van der Waals surface area contributed by atoms with Crippen LogP contribution in [0.25, 0.3) is 21.8 Å². The molecule has 0 amide bonds. The number of rotatable bonds is 0. The van der Waals surface area contributed by atoms with Crippen molar-refractivity contribution < 1.29 is 14.9 Å². The zero-order chi connectivity index (χ0) is 18.4. The van der Waals surface area contributed by atoms with Crippen LogP contribution in [0.1, 0.15) is 20.3 Å². The van der Waals surface area contributed by atoms with Crippen molar-refractivity contribution in [1.82, 2.24) is 4.98 Å². The van der Waals surface area contributed by atoms with Crippen LogP contribution in [-0.2, 0) is 4.74 Å². The predicted octanol–water partition coefficient (Wildman–Crippen LogP) is 4.78. The number of aromatic nitrogens is 1. The Hall–Kier alpha value is -1.30. The summed E-state index contributed by atoms with van der Waals surface area (Å²) in [5.74, 6) is 0. The Morgan fingerprint density at radius 2 is 1.44 bits per heavy atom. The largest absolute Gasteiger partial charge is 0.390 e. The Morgan fingerprint density at radius 1 is 0.920 bits per heavy atom. The summed E-state index contributed by atoms with van der Waals surface area (Å²) in [6.45, 7) is 4.85. The van der Waals surface area contributed by atoms with Gasteiger partial charge in [0, 0.05) is 38.5 Å². The highest BCUT2D eigenvalue weighted by molar-refractivity contribution is 6.33. The van der Waals surface area contributed by atoms with Gasteiger partial charge < -0.3 is 19.9 Å². The van der Waals surface area contributed by atoms with Gasteiger partial charge in [-0.3, -0.25) is 0 Å². The Kier molecular flexibility index (Phi) is 7.54. The van der Waals surface area contributed by atoms with Gasteiger partial charge in [-0.05, 0) is 42.8 Å². The SMILES string of the molecule is CC.Clc1ccc2[nH]c3ccc(Cl)cc3c2c1.OC1CCOCC1O. The zero-order valence-electron chi connectivity index (χ0n) is 14.3. The first-order chi connectivity index (χ1) is 12.0. The molecule has 1 saturated heterocycles. The fourth-order valence-corrected chi connectivity index (χ4v) is 2.90. The van der Waals surface area contributed by atoms with Crippen molar-refractivity contribution in [2.45, 2.75) is 32.5 Å². The van der Waals surface area contributed by atoms with Gasteiger partial charge in [-0.1, -0.05) is 37.0 Å². The second-order valence-electron chi connectivity index (χ2n) is 5.50. The molecule has 0 bridgehead atoms. The molecule has 136 valence electrons. The molecule has 1 aliphatic rings. The summed E-state index contributed by atoms with van der Waals surface area (Å²) >= 11 is 11.9. The normalized spacial score (nSPS) is 19.8. The molecule has 3 aromatic rings. The summed E-state index contributed by atoms with van der Waals surface area (Å²) < 4.78 is 4.84. The van der Waals surface area contributed by atoms with Crippen molar-refractivity contribution in [2.24, 2.45) is 0 Å². The van der Waals surface area contributed by atoms with Gasteiger partial charge in [0.05, 0.1) is 12.7 Å². The Labute approximate surface area is 157 Å². The average molecular weight is 384 g/mol. The lowest BCUT2D eigenvalue weighted by Crippen LogP contribution is -2.36. The number of hydrogen-bond donors (Lipinski definition) is 3. The summed E-state index contributed by atoms with van der Waals surface area (Å²) in [6, 6.07) is 11.6. The molecule has 1 fully saturated rings. The molecule has 0 aliphatic carbocycles. The highest BCUT2D eigenvalue weighted by Crippen LogP contribution is 2.29. The van der Waals surface area contributed by atoms with Crippen molar-refractivity contribution >= 4 is 45.0 Å². The van der Waals surface area contributed by atoms with Crippen LogP contribution in [0.4, 0.5) is 0 Å². The molecule has 4 nitrogen and oxygen atoms in total. The van der Waals surface area contributed by atoms with Gasteiger partial charge in [-0.25, -0.2) is 0 Å². The molecule has 1 aromatic heterocycles. The highest BCUT2D eigenvalue weighted by Gasteiger charge is 2.20. The number of benzene rings is 2. The molecule has 2 aromatic carbocycles. The lowest BCUT2D eigenvalue weighted by atomic mass is 10.1. The minimum Gasteiger partial charge on any atom is -0.390 e. The summed E-state index contributed by atoms with van der Waals surface area (Å²) in [6.07, 6.45) is -0.672. The minimum atomic E-state index is -0.663. The van der Waals surface area contributed by atoms with E-state index in [9.17, 15) is 0 Å². The molecule has 3 N–H and O–H groups in total. The van der Waals surface area contributed by atoms with Crippen LogP contribution in [0.2, 0.25) is 10.0 Å². The molecule has 2 atom stereocenters. The zero-order valence-corrected chi connectivity index (χ0v) is 15.8. The standard InChI is InChI=1S/C12H7Cl2N.C5H10O3.C2H6/c13-7-1-3-11-9(5-7)10-6-8(14)2-4-12(10)15-11;6-4-1-2-8-3-5(4)7;1-2/h1-6,15H;4-7H,1-3H2;1-2H3. The Bertz CT molecular complexity index is 753. The highest BCUT2D eigenvalue weighted by atomic mass is 35.5. The molecular formula is C19H23Cl2NO3. The number of hydrogen-bond acceptors (Lipinski definition) is 3. The van der Waals surface area contributed by atoms with Gasteiger partial charge in [-0.15, -0.1) is 0 Å². The molecule has 1 aliphatic heterocycles. The maximum atomic E-state index is 8.85. The second-order valence-corrected chi connectivity index (χ2v) is 6.38. The van der Waals surface area contributed by atoms with E-state index < -0.39 is 12.2 Å². The minimum absolute atomic E-state index is 0.279. The number of aliphatic hydroxyl groups excluding tert-OH is 2. The van der Waals surface area contributed by atoms with E-state index in [0.29, 0.717) is 13.0 Å². The lowest BCUT2D eigenvalue weighted by Gasteiger charge is -2.22. The third-order valence-electron chi connectivity index (χ3n) is 3.81. The Balaban J connectivity index is 0.000000192. The summed E-state index contributed by atoms with van der Waals surface area (Å²) in [5.41, 5.74) is 2.16. The van der Waals surface area contributed by atoms with Crippen molar-refractivity contribution in [3.63, 3.8) is 0 Å². The van der Waals surface area contributed by atoms with Crippen molar-refractivity contribution in [2.75, 3.05) is 13.2 Å². The smallest absolute Gasteiger partial charge is 0.103 e. The van der Waals surface area contributed by atoms with Crippen molar-refractivity contribution in [3.8, 4) is 0 Å². The number of halogens is 2. The van der Waals surface area contributed by atoms with E-state index >= 15 is 0 Å². The number of aliphatic hydroxyl groups is 2. The number of nitrogens with one attached hydrogen (secondary N) is 1. The second kappa shape index (κ2) is 9.41. The van der Waals surface area contributed by atoms with E-state index in [1.165, 1.54) is 0 Å². The third kappa shape index (κ3) is 5.09. The predicted molar refractivity (Wildman–Crippen MR) is 105 cm³/mol. The number of ether oxygens (including phenoxy) is 1. The topological polar surface area (TPSA) is 65.5 Å². The van der Waals surface area contributed by atoms with Gasteiger partial charge in [0.1, 0.15) is 6.10 Å². The van der Waals surface area contributed by atoms with Crippen LogP contribution >= 0.6 is 23.2 Å². The van der Waals surface area contributed by atoms with E-state index in [-0.39, 0.29) is 6.61 Å². The monoisotopic (exact) mass is 383 g/mol. The fraction of sp³-hybridized carbons (Fsp3) is 0.368. The van der Waals surface area contributed by atoms with Gasteiger partial charge in [0.25, 0.3) is 0 Å². The molecule has 0 radical (unpaired) electrons. The van der Waals surface area contributed by atoms with E-state index in [1.807, 2.05) is 50.2 Å². The first-order valence-electron chi connectivity index (χ1n) is 8.35. The quantitative estimate of drug-likeness (QED) is 0.523. The first kappa shape index (κ1) is 20.0. The van der Waals surface area contributed by atoms with Crippen LogP contribution in [0.15, 0.2) is 36.4 Å². The van der Waals surface area contributed by atoms with Gasteiger partial charge in [0.2, 0.25) is 0 Å². The summed E-state index contributed by atoms with van der Waals surface area (Å²) in [4.78, 5) is 3.32. The first-order valence-corrected chi connectivity index (χ1v) is 9.10. The van der Waals surface area contributed by atoms with Crippen LogP contribution in [-0.4, -0.2) is 40.6 Å². The van der Waals surface area contributed by atoms with Gasteiger partial charge in [-0.2, -0.15) is 0 Å². The van der Waals surface area contributed by atoms with Crippen LogP contribution in [0.5, 0.6) is 0 Å². The van der Waals surface area contributed by atoms with Crippen molar-refractivity contribution in [1.29, 1.82) is 0 Å². The lowest BCUT2D eigenvalue weighted by molar-refractivity contribution is -0.0852. The third-order valence-corrected chi connectivity index (χ3v) is 4.28. The van der Waals surface area contributed by atoms with Crippen LogP contribution < -0.4 is 0 Å². The average Bonchev–Trinajstić information content (AvgIpc) is 2.97. The van der Waals surface area contributed by atoms with Gasteiger partial charge in [0.15, 0.2) is 0 Å². The molecule has 6 heteroatoms. The number of H-pyrrole nitrogens is 1. The van der Waals surface area contributed by atoms with Crippen LogP contribution in [0, 0.1) is 0 Å². The molecule has 0 saturated carbocycles.